The van der Waals surface area contributed by atoms with Gasteiger partial charge in [0.15, 0.2) is 0 Å². The van der Waals surface area contributed by atoms with Crippen LogP contribution in [0.3, 0.4) is 0 Å². The van der Waals surface area contributed by atoms with E-state index in [1.54, 1.807) is 29.2 Å². The van der Waals surface area contributed by atoms with Crippen LogP contribution in [0, 0.1) is 0 Å². The first kappa shape index (κ1) is 13.4. The summed E-state index contributed by atoms with van der Waals surface area (Å²) in [5, 5.41) is 14.8. The van der Waals surface area contributed by atoms with Gasteiger partial charge in [-0.15, -0.1) is 0 Å². The molecule has 0 radical (unpaired) electrons. The molecule has 19 heavy (non-hydrogen) atoms. The largest absolute Gasteiger partial charge is 0.481 e. The third-order valence-electron chi connectivity index (χ3n) is 3.00. The molecule has 0 unspecified atom stereocenters. The molecule has 0 aliphatic carbocycles. The monoisotopic (exact) mass is 263 g/mol. The molecule has 3 N–H and O–H groups in total. The molecule has 2 amide bonds. The minimum Gasteiger partial charge on any atom is -0.481 e. The Hall–Kier alpha value is -2.08. The number of amides is 2. The number of hydrogen-bond donors (Lipinski definition) is 3. The summed E-state index contributed by atoms with van der Waals surface area (Å²) in [6, 6.07) is 6.79. The summed E-state index contributed by atoms with van der Waals surface area (Å²) in [7, 11) is 0. The molecule has 1 fully saturated rings. The predicted molar refractivity (Wildman–Crippen MR) is 71.2 cm³/mol. The second-order valence-electron chi connectivity index (χ2n) is 4.39. The highest BCUT2D eigenvalue weighted by atomic mass is 16.4. The number of nitrogens with one attached hydrogen (secondary N) is 2. The molecule has 0 spiro atoms. The number of para-hydroxylation sites is 1. The highest BCUT2D eigenvalue weighted by Crippen LogP contribution is 2.16. The van der Waals surface area contributed by atoms with Gasteiger partial charge in [-0.05, 0) is 11.6 Å². The molecule has 1 aromatic carbocycles. The summed E-state index contributed by atoms with van der Waals surface area (Å²) in [5.74, 6) is -0.913. The Morgan fingerprint density at radius 3 is 2.63 bits per heavy atom. The number of carbonyl (C=O) groups excluding carboxylic acids is 1. The van der Waals surface area contributed by atoms with Gasteiger partial charge in [-0.3, -0.25) is 4.79 Å². The van der Waals surface area contributed by atoms with E-state index in [2.05, 4.69) is 10.6 Å². The molecule has 1 aliphatic heterocycles. The summed E-state index contributed by atoms with van der Waals surface area (Å²) < 4.78 is 0. The number of carboxylic acid groups (broad SMARTS) is 1. The van der Waals surface area contributed by atoms with Gasteiger partial charge in [-0.2, -0.15) is 0 Å². The lowest BCUT2D eigenvalue weighted by molar-refractivity contribution is -0.136. The van der Waals surface area contributed by atoms with Crippen LogP contribution in [-0.2, 0) is 11.2 Å². The molecule has 0 bridgehead atoms. The molecule has 0 saturated carbocycles. The zero-order valence-electron chi connectivity index (χ0n) is 10.6. The van der Waals surface area contributed by atoms with Crippen molar-refractivity contribution in [1.82, 2.24) is 10.2 Å². The van der Waals surface area contributed by atoms with Crippen molar-refractivity contribution in [3.05, 3.63) is 29.8 Å². The number of anilines is 1. The van der Waals surface area contributed by atoms with Gasteiger partial charge in [-0.1, -0.05) is 18.2 Å². The maximum absolute atomic E-state index is 12.0. The molecule has 2 rings (SSSR count). The Bertz CT molecular complexity index is 470. The SMILES string of the molecule is O=C(O)Cc1ccccc1NC(=O)N1CCNCC1. The molecular weight excluding hydrogens is 246 g/mol. The third-order valence-corrected chi connectivity index (χ3v) is 3.00. The van der Waals surface area contributed by atoms with E-state index < -0.39 is 5.97 Å². The van der Waals surface area contributed by atoms with Gasteiger partial charge in [0.2, 0.25) is 0 Å². The van der Waals surface area contributed by atoms with Crippen LogP contribution >= 0.6 is 0 Å². The van der Waals surface area contributed by atoms with E-state index in [4.69, 9.17) is 5.11 Å². The number of urea groups is 1. The maximum atomic E-state index is 12.0. The van der Waals surface area contributed by atoms with Crippen molar-refractivity contribution < 1.29 is 14.7 Å². The molecule has 1 aliphatic rings. The average molecular weight is 263 g/mol. The second kappa shape index (κ2) is 6.19. The molecular formula is C13H17N3O3. The highest BCUT2D eigenvalue weighted by molar-refractivity contribution is 5.91. The van der Waals surface area contributed by atoms with Crippen molar-refractivity contribution in [3.8, 4) is 0 Å². The van der Waals surface area contributed by atoms with Crippen LogP contribution in [0.4, 0.5) is 10.5 Å². The number of rotatable bonds is 3. The van der Waals surface area contributed by atoms with Crippen LogP contribution in [0.1, 0.15) is 5.56 Å². The minimum atomic E-state index is -0.913. The summed E-state index contributed by atoms with van der Waals surface area (Å²) in [6.07, 6.45) is -0.0992. The van der Waals surface area contributed by atoms with Crippen LogP contribution in [0.5, 0.6) is 0 Å². The van der Waals surface area contributed by atoms with Crippen molar-refractivity contribution >= 4 is 17.7 Å². The lowest BCUT2D eigenvalue weighted by Crippen LogP contribution is -2.48. The van der Waals surface area contributed by atoms with E-state index in [1.165, 1.54) is 0 Å². The minimum absolute atomic E-state index is 0.0992. The molecule has 1 saturated heterocycles. The predicted octanol–water partition coefficient (Wildman–Crippen LogP) is 0.751. The van der Waals surface area contributed by atoms with Crippen molar-refractivity contribution in [2.75, 3.05) is 31.5 Å². The molecule has 6 heteroatoms. The van der Waals surface area contributed by atoms with Gasteiger partial charge < -0.3 is 20.6 Å². The van der Waals surface area contributed by atoms with Crippen LogP contribution in [0.2, 0.25) is 0 Å². The van der Waals surface area contributed by atoms with E-state index in [9.17, 15) is 9.59 Å². The highest BCUT2D eigenvalue weighted by Gasteiger charge is 2.17. The Kier molecular flexibility index (Phi) is 4.35. The van der Waals surface area contributed by atoms with Crippen molar-refractivity contribution in [1.29, 1.82) is 0 Å². The molecule has 0 atom stereocenters. The smallest absolute Gasteiger partial charge is 0.321 e. The van der Waals surface area contributed by atoms with E-state index >= 15 is 0 Å². The second-order valence-corrected chi connectivity index (χ2v) is 4.39. The first-order chi connectivity index (χ1) is 9.16. The number of nitrogens with zero attached hydrogens (tertiary/aromatic N) is 1. The lowest BCUT2D eigenvalue weighted by Gasteiger charge is -2.27. The first-order valence-corrected chi connectivity index (χ1v) is 6.23. The Labute approximate surface area is 111 Å². The molecule has 6 nitrogen and oxygen atoms in total. The topological polar surface area (TPSA) is 81.7 Å². The van der Waals surface area contributed by atoms with Gasteiger partial charge in [0.25, 0.3) is 0 Å². The standard InChI is InChI=1S/C13H17N3O3/c17-12(18)9-10-3-1-2-4-11(10)15-13(19)16-7-5-14-6-8-16/h1-4,14H,5-9H2,(H,15,19)(H,17,18). The van der Waals surface area contributed by atoms with Crippen LogP contribution in [0.15, 0.2) is 24.3 Å². The van der Waals surface area contributed by atoms with Gasteiger partial charge in [0, 0.05) is 31.9 Å². The van der Waals surface area contributed by atoms with Gasteiger partial charge >= 0.3 is 12.0 Å². The summed E-state index contributed by atoms with van der Waals surface area (Å²) in [6.45, 7) is 2.88. The molecule has 102 valence electrons. The van der Waals surface area contributed by atoms with E-state index in [-0.39, 0.29) is 12.5 Å². The van der Waals surface area contributed by atoms with Crippen LogP contribution < -0.4 is 10.6 Å². The molecule has 1 heterocycles. The molecule has 1 aromatic rings. The zero-order valence-corrected chi connectivity index (χ0v) is 10.6. The van der Waals surface area contributed by atoms with Gasteiger partial charge in [-0.25, -0.2) is 4.79 Å². The fraction of sp³-hybridized carbons (Fsp3) is 0.385. The Balaban J connectivity index is 2.05. The number of carboxylic acids is 1. The van der Waals surface area contributed by atoms with Crippen molar-refractivity contribution in [3.63, 3.8) is 0 Å². The molecule has 0 aromatic heterocycles. The maximum Gasteiger partial charge on any atom is 0.321 e. The Morgan fingerprint density at radius 2 is 1.95 bits per heavy atom. The number of aliphatic carboxylic acids is 1. The fourth-order valence-electron chi connectivity index (χ4n) is 2.02. The number of benzene rings is 1. The summed E-state index contributed by atoms with van der Waals surface area (Å²) in [4.78, 5) is 24.5. The van der Waals surface area contributed by atoms with Crippen LogP contribution in [0.25, 0.3) is 0 Å². The van der Waals surface area contributed by atoms with E-state index in [0.717, 1.165) is 13.1 Å². The van der Waals surface area contributed by atoms with Gasteiger partial charge in [0.05, 0.1) is 6.42 Å². The van der Waals surface area contributed by atoms with Gasteiger partial charge in [0.1, 0.15) is 0 Å². The summed E-state index contributed by atoms with van der Waals surface area (Å²) >= 11 is 0. The Morgan fingerprint density at radius 1 is 1.26 bits per heavy atom. The number of carbonyl (C=O) groups is 2. The quantitative estimate of drug-likeness (QED) is 0.751. The van der Waals surface area contributed by atoms with Crippen molar-refractivity contribution in [2.45, 2.75) is 6.42 Å². The van der Waals surface area contributed by atoms with Crippen LogP contribution in [-0.4, -0.2) is 48.2 Å². The first-order valence-electron chi connectivity index (χ1n) is 6.23. The van der Waals surface area contributed by atoms with E-state index in [0.29, 0.717) is 24.3 Å². The summed E-state index contributed by atoms with van der Waals surface area (Å²) in [5.41, 5.74) is 1.17. The van der Waals surface area contributed by atoms with Crippen molar-refractivity contribution in [2.24, 2.45) is 0 Å². The lowest BCUT2D eigenvalue weighted by atomic mass is 10.1. The average Bonchev–Trinajstić information content (AvgIpc) is 2.41. The van der Waals surface area contributed by atoms with E-state index in [1.807, 2.05) is 0 Å². The fourth-order valence-corrected chi connectivity index (χ4v) is 2.02. The third kappa shape index (κ3) is 3.69. The zero-order chi connectivity index (χ0) is 13.7. The number of piperazine rings is 1. The normalized spacial score (nSPS) is 15.1. The number of hydrogen-bond acceptors (Lipinski definition) is 3.